The van der Waals surface area contributed by atoms with Crippen LogP contribution < -0.4 is 16.4 Å². The maximum atomic E-state index is 12.5. The van der Waals surface area contributed by atoms with Crippen LogP contribution in [0.1, 0.15) is 76.8 Å². The van der Waals surface area contributed by atoms with Gasteiger partial charge in [-0.1, -0.05) is 39.3 Å². The van der Waals surface area contributed by atoms with Gasteiger partial charge in [0.05, 0.1) is 5.56 Å². The van der Waals surface area contributed by atoms with Crippen LogP contribution in [0.15, 0.2) is 24.3 Å². The van der Waals surface area contributed by atoms with E-state index in [1.165, 1.54) is 16.2 Å². The van der Waals surface area contributed by atoms with E-state index in [2.05, 4.69) is 31.4 Å². The molecule has 1 aromatic carbocycles. The average Bonchev–Trinajstić information content (AvgIpc) is 2.82. The molecule has 0 atom stereocenters. The molecule has 0 fully saturated rings. The van der Waals surface area contributed by atoms with Crippen molar-refractivity contribution in [2.24, 2.45) is 5.73 Å². The fourth-order valence-electron chi connectivity index (χ4n) is 3.52. The zero-order valence-electron chi connectivity index (χ0n) is 17.1. The summed E-state index contributed by atoms with van der Waals surface area (Å²) in [4.78, 5) is 25.8. The Kier molecular flexibility index (Phi) is 6.39. The van der Waals surface area contributed by atoms with Gasteiger partial charge in [-0.15, -0.1) is 11.3 Å². The highest BCUT2D eigenvalue weighted by Crippen LogP contribution is 2.37. The largest absolute Gasteiger partial charge is 0.365 e. The van der Waals surface area contributed by atoms with E-state index in [0.29, 0.717) is 16.1 Å². The van der Waals surface area contributed by atoms with Gasteiger partial charge in [-0.05, 0) is 66.6 Å². The number of hydrogen-bond acceptors (Lipinski definition) is 4. The van der Waals surface area contributed by atoms with Crippen molar-refractivity contribution in [3.05, 3.63) is 51.4 Å². The molecule has 2 amide bonds. The SMILES string of the molecule is CC(C)(C)c1ccc(C(=O)NC(=S)Nc2sc3c(c2C(N)=O)CCCCC3)cc1. The molecule has 1 aliphatic rings. The van der Waals surface area contributed by atoms with Crippen molar-refractivity contribution in [3.63, 3.8) is 0 Å². The molecule has 0 saturated carbocycles. The van der Waals surface area contributed by atoms with E-state index >= 15 is 0 Å². The predicted octanol–water partition coefficient (Wildman–Crippen LogP) is 4.54. The summed E-state index contributed by atoms with van der Waals surface area (Å²) in [6.45, 7) is 6.38. The van der Waals surface area contributed by atoms with Gasteiger partial charge in [-0.25, -0.2) is 0 Å². The van der Waals surface area contributed by atoms with Crippen LogP contribution in [0, 0.1) is 0 Å². The van der Waals surface area contributed by atoms with Gasteiger partial charge in [0.25, 0.3) is 11.8 Å². The van der Waals surface area contributed by atoms with Crippen LogP contribution in [0.5, 0.6) is 0 Å². The van der Waals surface area contributed by atoms with Gasteiger partial charge in [-0.3, -0.25) is 14.9 Å². The number of anilines is 1. The number of benzene rings is 1. The number of hydrogen-bond donors (Lipinski definition) is 3. The molecule has 7 heteroatoms. The quantitative estimate of drug-likeness (QED) is 0.494. The molecule has 0 saturated heterocycles. The maximum absolute atomic E-state index is 12.5. The lowest BCUT2D eigenvalue weighted by atomic mass is 9.87. The number of carbonyl (C=O) groups is 2. The molecular weight excluding hydrogens is 402 g/mol. The van der Waals surface area contributed by atoms with Crippen molar-refractivity contribution in [1.82, 2.24) is 5.32 Å². The molecule has 1 aromatic heterocycles. The first kappa shape index (κ1) is 21.5. The number of rotatable bonds is 3. The summed E-state index contributed by atoms with van der Waals surface area (Å²) in [6, 6.07) is 7.49. The van der Waals surface area contributed by atoms with Gasteiger partial charge in [0.1, 0.15) is 5.00 Å². The first-order valence-corrected chi connectivity index (χ1v) is 11.1. The Bertz CT molecular complexity index is 940. The molecular formula is C22H27N3O2S2. The molecule has 4 N–H and O–H groups in total. The number of nitrogens with two attached hydrogens (primary N) is 1. The summed E-state index contributed by atoms with van der Waals surface area (Å²) in [5.74, 6) is -0.750. The smallest absolute Gasteiger partial charge is 0.257 e. The molecule has 0 radical (unpaired) electrons. The molecule has 1 heterocycles. The first-order chi connectivity index (χ1) is 13.7. The summed E-state index contributed by atoms with van der Waals surface area (Å²) in [7, 11) is 0. The molecule has 2 aromatic rings. The van der Waals surface area contributed by atoms with E-state index in [9.17, 15) is 9.59 Å². The highest BCUT2D eigenvalue weighted by molar-refractivity contribution is 7.80. The third kappa shape index (κ3) is 5.03. The molecule has 3 rings (SSSR count). The number of thiocarbonyl (C=S) groups is 1. The second-order valence-electron chi connectivity index (χ2n) is 8.37. The van der Waals surface area contributed by atoms with Gasteiger partial charge in [0.2, 0.25) is 0 Å². The zero-order chi connectivity index (χ0) is 21.2. The Morgan fingerprint density at radius 1 is 1.07 bits per heavy atom. The van der Waals surface area contributed by atoms with Crippen LogP contribution in [0.25, 0.3) is 0 Å². The van der Waals surface area contributed by atoms with Gasteiger partial charge in [0.15, 0.2) is 5.11 Å². The Morgan fingerprint density at radius 2 is 1.72 bits per heavy atom. The minimum atomic E-state index is -0.459. The second kappa shape index (κ2) is 8.63. The van der Waals surface area contributed by atoms with Gasteiger partial charge >= 0.3 is 0 Å². The van der Waals surface area contributed by atoms with Gasteiger partial charge in [0, 0.05) is 10.4 Å². The lowest BCUT2D eigenvalue weighted by Gasteiger charge is -2.19. The molecule has 0 spiro atoms. The highest BCUT2D eigenvalue weighted by atomic mass is 32.1. The number of fused-ring (bicyclic) bond motifs is 1. The van der Waals surface area contributed by atoms with E-state index in [1.807, 2.05) is 12.1 Å². The summed E-state index contributed by atoms with van der Waals surface area (Å²) >= 11 is 6.83. The fraction of sp³-hybridized carbons (Fsp3) is 0.409. The monoisotopic (exact) mass is 429 g/mol. The molecule has 0 unspecified atom stereocenters. The predicted molar refractivity (Wildman–Crippen MR) is 123 cm³/mol. The molecule has 1 aliphatic carbocycles. The lowest BCUT2D eigenvalue weighted by Crippen LogP contribution is -2.34. The van der Waals surface area contributed by atoms with E-state index < -0.39 is 5.91 Å². The van der Waals surface area contributed by atoms with Crippen molar-refractivity contribution in [2.45, 2.75) is 58.3 Å². The van der Waals surface area contributed by atoms with Crippen LogP contribution in [0.4, 0.5) is 5.00 Å². The Balaban J connectivity index is 1.72. The minimum absolute atomic E-state index is 0.0220. The normalized spacial score (nSPS) is 13.9. The van der Waals surface area contributed by atoms with Crippen LogP contribution in [0.2, 0.25) is 0 Å². The number of thiophene rings is 1. The van der Waals surface area contributed by atoms with E-state index in [4.69, 9.17) is 18.0 Å². The number of amides is 2. The lowest BCUT2D eigenvalue weighted by molar-refractivity contribution is 0.0975. The molecule has 29 heavy (non-hydrogen) atoms. The van der Waals surface area contributed by atoms with Crippen LogP contribution in [0.3, 0.4) is 0 Å². The number of aryl methyl sites for hydroxylation is 1. The van der Waals surface area contributed by atoms with E-state index in [-0.39, 0.29) is 16.4 Å². The Hall–Kier alpha value is -2.25. The standard InChI is InChI=1S/C22H27N3O2S2/c1-22(2,3)14-11-9-13(10-12-14)19(27)24-21(28)25-20-17(18(23)26)15-7-5-4-6-8-16(15)29-20/h9-12H,4-8H2,1-3H3,(H2,23,26)(H2,24,25,27,28). The van der Waals surface area contributed by atoms with Crippen LogP contribution in [-0.2, 0) is 18.3 Å². The molecule has 0 bridgehead atoms. The topological polar surface area (TPSA) is 84.2 Å². The Morgan fingerprint density at radius 3 is 2.34 bits per heavy atom. The average molecular weight is 430 g/mol. The maximum Gasteiger partial charge on any atom is 0.257 e. The van der Waals surface area contributed by atoms with Crippen molar-refractivity contribution in [3.8, 4) is 0 Å². The minimum Gasteiger partial charge on any atom is -0.365 e. The third-order valence-electron chi connectivity index (χ3n) is 5.13. The molecule has 5 nitrogen and oxygen atoms in total. The first-order valence-electron chi connectivity index (χ1n) is 9.84. The summed E-state index contributed by atoms with van der Waals surface area (Å²) < 4.78 is 0. The third-order valence-corrected chi connectivity index (χ3v) is 6.55. The highest BCUT2D eigenvalue weighted by Gasteiger charge is 2.24. The van der Waals surface area contributed by atoms with Gasteiger partial charge in [-0.2, -0.15) is 0 Å². The number of nitrogens with one attached hydrogen (secondary N) is 2. The van der Waals surface area contributed by atoms with E-state index in [0.717, 1.165) is 43.2 Å². The van der Waals surface area contributed by atoms with Crippen molar-refractivity contribution >= 4 is 45.5 Å². The number of carbonyl (C=O) groups excluding carboxylic acids is 2. The second-order valence-corrected chi connectivity index (χ2v) is 9.88. The Labute approximate surface area is 181 Å². The van der Waals surface area contributed by atoms with Gasteiger partial charge < -0.3 is 11.1 Å². The van der Waals surface area contributed by atoms with Crippen molar-refractivity contribution in [1.29, 1.82) is 0 Å². The van der Waals surface area contributed by atoms with Crippen molar-refractivity contribution < 1.29 is 9.59 Å². The van der Waals surface area contributed by atoms with Crippen molar-refractivity contribution in [2.75, 3.05) is 5.32 Å². The molecule has 154 valence electrons. The van der Waals surface area contributed by atoms with Crippen LogP contribution >= 0.6 is 23.6 Å². The zero-order valence-corrected chi connectivity index (χ0v) is 18.7. The summed E-state index contributed by atoms with van der Waals surface area (Å²) in [5, 5.41) is 6.50. The molecule has 0 aliphatic heterocycles. The number of primary amides is 1. The fourth-order valence-corrected chi connectivity index (χ4v) is 5.08. The summed E-state index contributed by atoms with van der Waals surface area (Å²) in [6.07, 6.45) is 5.11. The van der Waals surface area contributed by atoms with E-state index in [1.54, 1.807) is 12.1 Å². The van der Waals surface area contributed by atoms with Crippen LogP contribution in [-0.4, -0.2) is 16.9 Å². The summed E-state index contributed by atoms with van der Waals surface area (Å²) in [5.41, 5.74) is 8.90.